The van der Waals surface area contributed by atoms with Gasteiger partial charge >= 0.3 is 12.2 Å². The maximum Gasteiger partial charge on any atom is 0.410 e. The lowest BCUT2D eigenvalue weighted by Crippen LogP contribution is -2.64. The number of aryl methyl sites for hydroxylation is 2. The van der Waals surface area contributed by atoms with Gasteiger partial charge in [0.1, 0.15) is 11.9 Å². The van der Waals surface area contributed by atoms with Crippen LogP contribution in [0.4, 0.5) is 9.59 Å². The molecule has 5 heterocycles. The third-order valence-corrected chi connectivity index (χ3v) is 10.6. The number of likely N-dealkylation sites (tertiary alicyclic amines) is 3. The number of amides is 3. The highest BCUT2D eigenvalue weighted by atomic mass is 16.6. The molecule has 1 aromatic rings. The standard InChI is InChI=1S/C31H48N6O5/c1-5-6-7-25-20-36(19-24-8-13-35(18-24)28(39)40)29(41)42-31(25)11-16-37(17-12-31)30(4)9-14-34(15-10-30)27(38)26-22(2)32-21-33-23(26)3/h21,24-25H,5-20H2,1-4H3,(H,39,40)/t24-,25-/m0/s1. The normalized spacial score (nSPS) is 26.0. The molecule has 4 saturated heterocycles. The first kappa shape index (κ1) is 30.5. The van der Waals surface area contributed by atoms with Crippen LogP contribution in [-0.2, 0) is 4.74 Å². The number of unbranched alkanes of at least 4 members (excludes halogenated alkanes) is 1. The molecule has 11 heteroatoms. The van der Waals surface area contributed by atoms with E-state index in [1.807, 2.05) is 23.6 Å². The number of ether oxygens (including phenoxy) is 1. The summed E-state index contributed by atoms with van der Waals surface area (Å²) < 4.78 is 6.38. The molecule has 0 unspecified atom stereocenters. The molecular formula is C31H48N6O5. The molecule has 3 amide bonds. The summed E-state index contributed by atoms with van der Waals surface area (Å²) in [7, 11) is 0. The maximum absolute atomic E-state index is 13.3. The van der Waals surface area contributed by atoms with Crippen molar-refractivity contribution in [3.63, 3.8) is 0 Å². The fourth-order valence-electron chi connectivity index (χ4n) is 7.75. The van der Waals surface area contributed by atoms with E-state index >= 15 is 0 Å². The molecule has 4 aliphatic heterocycles. The fraction of sp³-hybridized carbons (Fsp3) is 0.774. The molecule has 0 bridgehead atoms. The van der Waals surface area contributed by atoms with Crippen LogP contribution >= 0.6 is 0 Å². The molecule has 0 aromatic carbocycles. The lowest BCUT2D eigenvalue weighted by Gasteiger charge is -2.55. The Labute approximate surface area is 249 Å². The summed E-state index contributed by atoms with van der Waals surface area (Å²) in [5.74, 6) is 0.466. The molecule has 0 aliphatic carbocycles. The number of aromatic nitrogens is 2. The van der Waals surface area contributed by atoms with E-state index in [9.17, 15) is 19.5 Å². The van der Waals surface area contributed by atoms with Crippen LogP contribution in [0.3, 0.4) is 0 Å². The van der Waals surface area contributed by atoms with Crippen molar-refractivity contribution in [2.24, 2.45) is 11.8 Å². The van der Waals surface area contributed by atoms with Crippen LogP contribution in [0.1, 0.15) is 87.0 Å². The number of piperidine rings is 2. The van der Waals surface area contributed by atoms with E-state index in [-0.39, 0.29) is 29.4 Å². The average Bonchev–Trinajstić information content (AvgIpc) is 3.43. The van der Waals surface area contributed by atoms with Crippen molar-refractivity contribution in [2.75, 3.05) is 52.4 Å². The Morgan fingerprint density at radius 1 is 1.00 bits per heavy atom. The minimum absolute atomic E-state index is 0.00220. The van der Waals surface area contributed by atoms with Crippen molar-refractivity contribution >= 4 is 18.1 Å². The third kappa shape index (κ3) is 6.07. The zero-order valence-electron chi connectivity index (χ0n) is 25.8. The molecule has 1 N–H and O–H groups in total. The summed E-state index contributed by atoms with van der Waals surface area (Å²) >= 11 is 0. The molecule has 0 saturated carbocycles. The van der Waals surface area contributed by atoms with Gasteiger partial charge in [-0.25, -0.2) is 19.6 Å². The van der Waals surface area contributed by atoms with Crippen LogP contribution in [0, 0.1) is 25.7 Å². The largest absolute Gasteiger partial charge is 0.465 e. The molecule has 5 rings (SSSR count). The highest BCUT2D eigenvalue weighted by Gasteiger charge is 2.52. The Morgan fingerprint density at radius 2 is 1.67 bits per heavy atom. The molecule has 42 heavy (non-hydrogen) atoms. The molecule has 11 nitrogen and oxygen atoms in total. The van der Waals surface area contributed by atoms with E-state index in [0.29, 0.717) is 44.8 Å². The Hall–Kier alpha value is -2.95. The van der Waals surface area contributed by atoms with Crippen LogP contribution in [0.25, 0.3) is 0 Å². The fourth-order valence-corrected chi connectivity index (χ4v) is 7.75. The van der Waals surface area contributed by atoms with Gasteiger partial charge in [-0.2, -0.15) is 0 Å². The molecule has 1 aromatic heterocycles. The molecule has 4 fully saturated rings. The second kappa shape index (κ2) is 12.3. The Kier molecular flexibility index (Phi) is 8.97. The number of carboxylic acid groups (broad SMARTS) is 1. The second-order valence-electron chi connectivity index (χ2n) is 13.3. The Morgan fingerprint density at radius 3 is 2.26 bits per heavy atom. The third-order valence-electron chi connectivity index (χ3n) is 10.6. The highest BCUT2D eigenvalue weighted by Crippen LogP contribution is 2.43. The SMILES string of the molecule is CCCC[C@H]1CN(C[C@H]2CCN(C(=O)O)C2)C(=O)OC12CCN(C1(C)CCN(C(=O)c3c(C)ncnc3C)CC1)CC2. The zero-order valence-corrected chi connectivity index (χ0v) is 25.8. The van der Waals surface area contributed by atoms with Crippen LogP contribution in [0.5, 0.6) is 0 Å². The van der Waals surface area contributed by atoms with E-state index in [2.05, 4.69) is 28.7 Å². The van der Waals surface area contributed by atoms with Crippen LogP contribution in [0.2, 0.25) is 0 Å². The minimum Gasteiger partial charge on any atom is -0.465 e. The first-order valence-corrected chi connectivity index (χ1v) is 15.8. The lowest BCUT2D eigenvalue weighted by molar-refractivity contribution is -0.134. The maximum atomic E-state index is 13.3. The Bertz CT molecular complexity index is 1140. The van der Waals surface area contributed by atoms with E-state index < -0.39 is 11.7 Å². The summed E-state index contributed by atoms with van der Waals surface area (Å²) in [6.07, 6.45) is 7.87. The summed E-state index contributed by atoms with van der Waals surface area (Å²) in [5.41, 5.74) is 1.64. The van der Waals surface area contributed by atoms with Gasteiger partial charge < -0.3 is 24.5 Å². The summed E-state index contributed by atoms with van der Waals surface area (Å²) in [5, 5.41) is 9.33. The van der Waals surface area contributed by atoms with E-state index in [0.717, 1.165) is 75.8 Å². The molecule has 232 valence electrons. The van der Waals surface area contributed by atoms with Gasteiger partial charge in [-0.15, -0.1) is 0 Å². The van der Waals surface area contributed by atoms with Crippen molar-refractivity contribution in [3.05, 3.63) is 23.3 Å². The predicted molar refractivity (Wildman–Crippen MR) is 157 cm³/mol. The smallest absolute Gasteiger partial charge is 0.410 e. The molecule has 2 atom stereocenters. The topological polar surface area (TPSA) is 119 Å². The van der Waals surface area contributed by atoms with Gasteiger partial charge in [0.05, 0.1) is 17.0 Å². The monoisotopic (exact) mass is 584 g/mol. The van der Waals surface area contributed by atoms with Crippen LogP contribution < -0.4 is 0 Å². The first-order chi connectivity index (χ1) is 20.0. The summed E-state index contributed by atoms with van der Waals surface area (Å²) in [6, 6.07) is 0. The van der Waals surface area contributed by atoms with Gasteiger partial charge in [0.25, 0.3) is 5.91 Å². The van der Waals surface area contributed by atoms with E-state index in [4.69, 9.17) is 4.74 Å². The molecule has 4 aliphatic rings. The van der Waals surface area contributed by atoms with Gasteiger partial charge in [-0.3, -0.25) is 9.69 Å². The molecule has 1 spiro atoms. The quantitative estimate of drug-likeness (QED) is 0.507. The predicted octanol–water partition coefficient (Wildman–Crippen LogP) is 4.18. The highest BCUT2D eigenvalue weighted by molar-refractivity contribution is 5.96. The number of hydrogen-bond acceptors (Lipinski definition) is 7. The number of hydrogen-bond donors (Lipinski definition) is 1. The zero-order chi connectivity index (χ0) is 30.1. The Balaban J connectivity index is 1.19. The van der Waals surface area contributed by atoms with Crippen molar-refractivity contribution in [1.82, 2.24) is 29.6 Å². The minimum atomic E-state index is -0.882. The van der Waals surface area contributed by atoms with Crippen molar-refractivity contribution < 1.29 is 24.2 Å². The van der Waals surface area contributed by atoms with E-state index in [1.165, 1.54) is 11.2 Å². The first-order valence-electron chi connectivity index (χ1n) is 15.8. The lowest BCUT2D eigenvalue weighted by atomic mass is 9.74. The van der Waals surface area contributed by atoms with Gasteiger partial charge in [-0.05, 0) is 52.4 Å². The molecule has 0 radical (unpaired) electrons. The molecular weight excluding hydrogens is 536 g/mol. The van der Waals surface area contributed by atoms with Gasteiger partial charge in [0.2, 0.25) is 0 Å². The van der Waals surface area contributed by atoms with Gasteiger partial charge in [0, 0.05) is 76.7 Å². The number of nitrogens with zero attached hydrogens (tertiary/aromatic N) is 6. The van der Waals surface area contributed by atoms with E-state index in [1.54, 1.807) is 0 Å². The van der Waals surface area contributed by atoms with Gasteiger partial charge in [0.15, 0.2) is 0 Å². The van der Waals surface area contributed by atoms with Crippen molar-refractivity contribution in [2.45, 2.75) is 90.2 Å². The number of carbonyl (C=O) groups excluding carboxylic acids is 2. The van der Waals surface area contributed by atoms with Crippen molar-refractivity contribution in [3.8, 4) is 0 Å². The number of rotatable bonds is 7. The van der Waals surface area contributed by atoms with Gasteiger partial charge in [-0.1, -0.05) is 19.8 Å². The average molecular weight is 585 g/mol. The van der Waals surface area contributed by atoms with Crippen LogP contribution in [-0.4, -0.2) is 116 Å². The summed E-state index contributed by atoms with van der Waals surface area (Å²) in [4.78, 5) is 54.3. The summed E-state index contributed by atoms with van der Waals surface area (Å²) in [6.45, 7) is 13.7. The second-order valence-corrected chi connectivity index (χ2v) is 13.3. The van der Waals surface area contributed by atoms with Crippen molar-refractivity contribution in [1.29, 1.82) is 0 Å². The van der Waals surface area contributed by atoms with Crippen LogP contribution in [0.15, 0.2) is 6.33 Å². The number of carbonyl (C=O) groups is 3.